The lowest BCUT2D eigenvalue weighted by atomic mass is 10.2. The molecular weight excluding hydrogens is 398 g/mol. The summed E-state index contributed by atoms with van der Waals surface area (Å²) in [5, 5.41) is 14.8. The minimum atomic E-state index is -3.37. The number of aromatic nitrogens is 1. The van der Waals surface area contributed by atoms with Crippen molar-refractivity contribution in [2.75, 3.05) is 26.2 Å². The summed E-state index contributed by atoms with van der Waals surface area (Å²) >= 11 is 0. The maximum atomic E-state index is 12.7. The summed E-state index contributed by atoms with van der Waals surface area (Å²) in [7, 11) is -1.34. The van der Waals surface area contributed by atoms with Crippen molar-refractivity contribution in [3.63, 3.8) is 0 Å². The Morgan fingerprint density at radius 1 is 0.966 bits per heavy atom. The summed E-state index contributed by atoms with van der Waals surface area (Å²) in [6, 6.07) is 11.2. The van der Waals surface area contributed by atoms with E-state index in [1.165, 1.54) is 5.69 Å². The van der Waals surface area contributed by atoms with Crippen molar-refractivity contribution in [3.05, 3.63) is 53.9 Å². The fourth-order valence-corrected chi connectivity index (χ4v) is 4.30. The van der Waals surface area contributed by atoms with Gasteiger partial charge in [-0.05, 0) is 31.2 Å². The normalized spacial score (nSPS) is 15.4. The van der Waals surface area contributed by atoms with Crippen molar-refractivity contribution < 1.29 is 28.2 Å². The molecule has 29 heavy (non-hydrogen) atoms. The Kier molecular flexibility index (Phi) is 7.54. The molecule has 0 atom stereocenters. The minimum Gasteiger partial charge on any atom is -0.473 e. The van der Waals surface area contributed by atoms with Crippen molar-refractivity contribution >= 4 is 22.0 Å². The first-order valence-corrected chi connectivity index (χ1v) is 10.4. The van der Waals surface area contributed by atoms with Crippen LogP contribution in [0.3, 0.4) is 0 Å². The van der Waals surface area contributed by atoms with E-state index < -0.39 is 22.0 Å². The molecule has 2 aromatic rings. The van der Waals surface area contributed by atoms with Crippen molar-refractivity contribution in [1.82, 2.24) is 13.8 Å². The van der Waals surface area contributed by atoms with E-state index in [1.807, 2.05) is 38.4 Å². The fourth-order valence-electron chi connectivity index (χ4n) is 2.88. The van der Waals surface area contributed by atoms with Crippen LogP contribution in [0.1, 0.15) is 11.3 Å². The number of hydrogen-bond donors (Lipinski definition) is 2. The van der Waals surface area contributed by atoms with E-state index in [9.17, 15) is 8.42 Å². The standard InChI is InChI=1S/C17H23N3O2S.C2H2O4/c1-15-5-7-17(8-6-15)23(21,22)20-12-10-19(11-13-20)14-16-4-3-9-18(16)2;3-1(4)2(5)6/h3-9H,10-14H2,1-2H3;(H,3,4)(H,5,6). The van der Waals surface area contributed by atoms with E-state index in [0.29, 0.717) is 18.0 Å². The summed E-state index contributed by atoms with van der Waals surface area (Å²) in [4.78, 5) is 20.9. The molecule has 3 rings (SSSR count). The zero-order chi connectivity index (χ0) is 21.6. The molecule has 0 unspecified atom stereocenters. The van der Waals surface area contributed by atoms with Gasteiger partial charge in [0, 0.05) is 51.7 Å². The zero-order valence-corrected chi connectivity index (χ0v) is 17.2. The summed E-state index contributed by atoms with van der Waals surface area (Å²) in [6.07, 6.45) is 2.04. The molecule has 1 aromatic heterocycles. The smallest absolute Gasteiger partial charge is 0.414 e. The quantitative estimate of drug-likeness (QED) is 0.704. The molecule has 0 spiro atoms. The third kappa shape index (κ3) is 6.14. The Hall–Kier alpha value is -2.69. The number of nitrogens with zero attached hydrogens (tertiary/aromatic N) is 3. The van der Waals surface area contributed by atoms with Crippen molar-refractivity contribution in [1.29, 1.82) is 0 Å². The highest BCUT2D eigenvalue weighted by atomic mass is 32.2. The van der Waals surface area contributed by atoms with Gasteiger partial charge in [0.2, 0.25) is 10.0 Å². The number of carbonyl (C=O) groups is 2. The highest BCUT2D eigenvalue weighted by molar-refractivity contribution is 7.89. The van der Waals surface area contributed by atoms with Gasteiger partial charge >= 0.3 is 11.9 Å². The minimum absolute atomic E-state index is 0.388. The average molecular weight is 423 g/mol. The van der Waals surface area contributed by atoms with E-state index in [-0.39, 0.29) is 0 Å². The van der Waals surface area contributed by atoms with E-state index >= 15 is 0 Å². The van der Waals surface area contributed by atoms with Crippen LogP contribution in [-0.2, 0) is 33.2 Å². The van der Waals surface area contributed by atoms with E-state index in [4.69, 9.17) is 19.8 Å². The summed E-state index contributed by atoms with van der Waals surface area (Å²) in [6.45, 7) is 5.43. The number of benzene rings is 1. The second-order valence-electron chi connectivity index (χ2n) is 6.71. The first-order chi connectivity index (χ1) is 13.6. The zero-order valence-electron chi connectivity index (χ0n) is 16.4. The molecule has 1 aliphatic rings. The molecule has 10 heteroatoms. The van der Waals surface area contributed by atoms with Gasteiger partial charge in [0.1, 0.15) is 0 Å². The van der Waals surface area contributed by atoms with Crippen LogP contribution in [0, 0.1) is 6.92 Å². The maximum Gasteiger partial charge on any atom is 0.414 e. The van der Waals surface area contributed by atoms with Crippen molar-refractivity contribution in [3.8, 4) is 0 Å². The Bertz CT molecular complexity index is 933. The topological polar surface area (TPSA) is 120 Å². The van der Waals surface area contributed by atoms with Gasteiger partial charge in [0.05, 0.1) is 4.90 Å². The van der Waals surface area contributed by atoms with Crippen LogP contribution >= 0.6 is 0 Å². The van der Waals surface area contributed by atoms with Crippen molar-refractivity contribution in [2.45, 2.75) is 18.4 Å². The second kappa shape index (κ2) is 9.68. The van der Waals surface area contributed by atoms with Crippen molar-refractivity contribution in [2.24, 2.45) is 7.05 Å². The van der Waals surface area contributed by atoms with Crippen LogP contribution in [0.5, 0.6) is 0 Å². The predicted molar refractivity (Wildman–Crippen MR) is 106 cm³/mol. The van der Waals surface area contributed by atoms with Gasteiger partial charge in [-0.15, -0.1) is 0 Å². The highest BCUT2D eigenvalue weighted by Crippen LogP contribution is 2.19. The molecule has 0 bridgehead atoms. The first kappa shape index (κ1) is 22.6. The summed E-state index contributed by atoms with van der Waals surface area (Å²) in [5.41, 5.74) is 2.32. The Morgan fingerprint density at radius 3 is 1.97 bits per heavy atom. The van der Waals surface area contributed by atoms with Crippen LogP contribution in [0.15, 0.2) is 47.5 Å². The van der Waals surface area contributed by atoms with E-state index in [2.05, 4.69) is 15.5 Å². The third-order valence-corrected chi connectivity index (χ3v) is 6.52. The molecule has 1 aromatic carbocycles. The number of carboxylic acid groups (broad SMARTS) is 2. The largest absolute Gasteiger partial charge is 0.473 e. The summed E-state index contributed by atoms with van der Waals surface area (Å²) < 4.78 is 29.1. The molecule has 0 radical (unpaired) electrons. The molecule has 0 aliphatic carbocycles. The third-order valence-electron chi connectivity index (χ3n) is 4.61. The lowest BCUT2D eigenvalue weighted by Crippen LogP contribution is -2.48. The van der Waals surface area contributed by atoms with Crippen LogP contribution < -0.4 is 0 Å². The van der Waals surface area contributed by atoms with Gasteiger partial charge in [0.25, 0.3) is 0 Å². The van der Waals surface area contributed by atoms with E-state index in [0.717, 1.165) is 25.2 Å². The maximum absolute atomic E-state index is 12.7. The molecule has 1 saturated heterocycles. The number of aryl methyl sites for hydroxylation is 2. The van der Waals surface area contributed by atoms with Crippen LogP contribution in [-0.4, -0.2) is 70.5 Å². The molecule has 2 N–H and O–H groups in total. The number of rotatable bonds is 4. The number of piperazine rings is 1. The van der Waals surface area contributed by atoms with Gasteiger partial charge in [-0.3, -0.25) is 4.90 Å². The van der Waals surface area contributed by atoms with Crippen LogP contribution in [0.4, 0.5) is 0 Å². The first-order valence-electron chi connectivity index (χ1n) is 8.97. The average Bonchev–Trinajstić information content (AvgIpc) is 3.07. The predicted octanol–water partition coefficient (Wildman–Crippen LogP) is 0.996. The molecule has 1 fully saturated rings. The number of sulfonamides is 1. The highest BCUT2D eigenvalue weighted by Gasteiger charge is 2.28. The molecule has 158 valence electrons. The lowest BCUT2D eigenvalue weighted by Gasteiger charge is -2.34. The monoisotopic (exact) mass is 423 g/mol. The van der Waals surface area contributed by atoms with E-state index in [1.54, 1.807) is 16.4 Å². The Labute approximate surface area is 169 Å². The van der Waals surface area contributed by atoms with Gasteiger partial charge < -0.3 is 14.8 Å². The molecule has 0 saturated carbocycles. The molecule has 1 aliphatic heterocycles. The second-order valence-corrected chi connectivity index (χ2v) is 8.65. The van der Waals surface area contributed by atoms with Gasteiger partial charge in [-0.1, -0.05) is 17.7 Å². The molecule has 0 amide bonds. The van der Waals surface area contributed by atoms with Gasteiger partial charge in [0.15, 0.2) is 0 Å². The molecule has 2 heterocycles. The SMILES string of the molecule is Cc1ccc(S(=O)(=O)N2CCN(Cc3cccn3C)CC2)cc1.O=C(O)C(=O)O. The Morgan fingerprint density at radius 2 is 1.52 bits per heavy atom. The number of hydrogen-bond acceptors (Lipinski definition) is 5. The lowest BCUT2D eigenvalue weighted by molar-refractivity contribution is -0.159. The Balaban J connectivity index is 0.000000438. The summed E-state index contributed by atoms with van der Waals surface area (Å²) in [5.74, 6) is -3.65. The van der Waals surface area contributed by atoms with Crippen LogP contribution in [0.2, 0.25) is 0 Å². The number of carboxylic acids is 2. The molecule has 9 nitrogen and oxygen atoms in total. The van der Waals surface area contributed by atoms with Crippen LogP contribution in [0.25, 0.3) is 0 Å². The molecular formula is C19H25N3O6S. The fraction of sp³-hybridized carbons (Fsp3) is 0.368. The van der Waals surface area contributed by atoms with Gasteiger partial charge in [-0.2, -0.15) is 4.31 Å². The number of aliphatic carboxylic acids is 2. The van der Waals surface area contributed by atoms with Gasteiger partial charge in [-0.25, -0.2) is 18.0 Å².